The number of carbonyl (C=O) groups excluding carboxylic acids is 1. The Labute approximate surface area is 111 Å². The third-order valence-corrected chi connectivity index (χ3v) is 4.30. The van der Waals surface area contributed by atoms with Crippen LogP contribution in [0.25, 0.3) is 0 Å². The predicted octanol–water partition coefficient (Wildman–Crippen LogP) is 2.35. The maximum absolute atomic E-state index is 12.0. The molecule has 0 heterocycles. The van der Waals surface area contributed by atoms with Crippen LogP contribution >= 0.6 is 0 Å². The van der Waals surface area contributed by atoms with Crippen LogP contribution in [0, 0.1) is 5.92 Å². The van der Waals surface area contributed by atoms with Crippen molar-refractivity contribution in [2.24, 2.45) is 5.92 Å². The van der Waals surface area contributed by atoms with Gasteiger partial charge in [0.25, 0.3) is 0 Å². The Bertz CT molecular complexity index is 401. The number of carbonyl (C=O) groups is 1. The van der Waals surface area contributed by atoms with E-state index in [1.165, 1.54) is 7.11 Å². The van der Waals surface area contributed by atoms with Gasteiger partial charge in [0.05, 0.1) is 13.0 Å². The van der Waals surface area contributed by atoms with Crippen molar-refractivity contribution in [1.29, 1.82) is 0 Å². The summed E-state index contributed by atoms with van der Waals surface area (Å²) in [6.07, 6.45) is 0. The molecule has 0 aliphatic rings. The quantitative estimate of drug-likeness (QED) is 0.744. The Morgan fingerprint density at radius 3 is 2.33 bits per heavy atom. The Morgan fingerprint density at radius 2 is 1.83 bits per heavy atom. The zero-order chi connectivity index (χ0) is 13.5. The van der Waals surface area contributed by atoms with E-state index in [9.17, 15) is 9.00 Å². The molecule has 18 heavy (non-hydrogen) atoms. The molecule has 0 spiro atoms. The highest BCUT2D eigenvalue weighted by Crippen LogP contribution is 2.19. The Balaban J connectivity index is 2.80. The van der Waals surface area contributed by atoms with Crippen LogP contribution in [-0.2, 0) is 20.3 Å². The number of hydrogen-bond acceptors (Lipinski definition) is 3. The van der Waals surface area contributed by atoms with E-state index < -0.39 is 16.7 Å². The molecule has 0 saturated heterocycles. The summed E-state index contributed by atoms with van der Waals surface area (Å²) >= 11 is 0. The highest BCUT2D eigenvalue weighted by molar-refractivity contribution is 7.85. The van der Waals surface area contributed by atoms with Gasteiger partial charge in [-0.15, -0.1) is 0 Å². The summed E-state index contributed by atoms with van der Waals surface area (Å²) in [4.78, 5) is 11.8. The van der Waals surface area contributed by atoms with E-state index in [4.69, 9.17) is 4.74 Å². The van der Waals surface area contributed by atoms with Gasteiger partial charge in [-0.2, -0.15) is 0 Å². The molecule has 2 atom stereocenters. The molecule has 0 fully saturated rings. The smallest absolute Gasteiger partial charge is 0.314 e. The van der Waals surface area contributed by atoms with Crippen LogP contribution in [0.1, 0.15) is 25.3 Å². The summed E-state index contributed by atoms with van der Waals surface area (Å²) in [6.45, 7) is 4.04. The molecule has 3 nitrogen and oxygen atoms in total. The minimum absolute atomic E-state index is 0.321. The molecule has 0 N–H and O–H groups in total. The molecule has 0 saturated carbocycles. The monoisotopic (exact) mass is 268 g/mol. The lowest BCUT2D eigenvalue weighted by Crippen LogP contribution is -2.22. The Morgan fingerprint density at radius 1 is 1.22 bits per heavy atom. The second-order valence-corrected chi connectivity index (χ2v) is 6.20. The predicted molar refractivity (Wildman–Crippen MR) is 73.9 cm³/mol. The zero-order valence-electron chi connectivity index (χ0n) is 11.1. The fourth-order valence-corrected chi connectivity index (χ4v) is 3.33. The van der Waals surface area contributed by atoms with Crippen LogP contribution in [0.3, 0.4) is 0 Å². The summed E-state index contributed by atoms with van der Waals surface area (Å²) in [6, 6.07) is 9.37. The number of esters is 1. The van der Waals surface area contributed by atoms with Crippen molar-refractivity contribution in [3.05, 3.63) is 35.9 Å². The average Bonchev–Trinajstić information content (AvgIpc) is 2.35. The van der Waals surface area contributed by atoms with Gasteiger partial charge in [0.2, 0.25) is 0 Å². The number of hydrogen-bond donors (Lipinski definition) is 0. The summed E-state index contributed by atoms with van der Waals surface area (Å²) < 4.78 is 16.8. The van der Waals surface area contributed by atoms with E-state index in [0.29, 0.717) is 17.4 Å². The van der Waals surface area contributed by atoms with E-state index in [2.05, 4.69) is 0 Å². The maximum atomic E-state index is 12.0. The zero-order valence-corrected chi connectivity index (χ0v) is 11.9. The second-order valence-electron chi connectivity index (χ2n) is 4.65. The maximum Gasteiger partial charge on any atom is 0.314 e. The SMILES string of the molecule is COC(=O)C(CS(=O)CC(C)C)c1ccccc1. The molecule has 4 heteroatoms. The first-order valence-electron chi connectivity index (χ1n) is 6.02. The minimum atomic E-state index is -1.00. The van der Waals surface area contributed by atoms with Crippen molar-refractivity contribution < 1.29 is 13.7 Å². The first-order chi connectivity index (χ1) is 8.54. The molecule has 1 rings (SSSR count). The molecule has 100 valence electrons. The van der Waals surface area contributed by atoms with Crippen molar-refractivity contribution in [1.82, 2.24) is 0 Å². The lowest BCUT2D eigenvalue weighted by Gasteiger charge is -2.15. The average molecular weight is 268 g/mol. The minimum Gasteiger partial charge on any atom is -0.469 e. The van der Waals surface area contributed by atoms with Gasteiger partial charge in [0.15, 0.2) is 0 Å². The molecule has 0 radical (unpaired) electrons. The fraction of sp³-hybridized carbons (Fsp3) is 0.500. The number of methoxy groups -OCH3 is 1. The Kier molecular flexibility index (Phi) is 6.05. The Hall–Kier alpha value is -1.16. The lowest BCUT2D eigenvalue weighted by atomic mass is 10.0. The first kappa shape index (κ1) is 14.9. The van der Waals surface area contributed by atoms with Gasteiger partial charge >= 0.3 is 5.97 Å². The van der Waals surface area contributed by atoms with Gasteiger partial charge in [-0.25, -0.2) is 0 Å². The molecular formula is C14H20O3S. The van der Waals surface area contributed by atoms with Crippen LogP contribution in [0.5, 0.6) is 0 Å². The van der Waals surface area contributed by atoms with E-state index >= 15 is 0 Å². The van der Waals surface area contributed by atoms with E-state index in [0.717, 1.165) is 5.56 Å². The van der Waals surface area contributed by atoms with Crippen molar-refractivity contribution >= 4 is 16.8 Å². The largest absolute Gasteiger partial charge is 0.469 e. The van der Waals surface area contributed by atoms with E-state index in [1.807, 2.05) is 44.2 Å². The summed E-state index contributed by atoms with van der Waals surface area (Å²) in [5, 5.41) is 0. The van der Waals surface area contributed by atoms with Crippen LogP contribution in [0.4, 0.5) is 0 Å². The topological polar surface area (TPSA) is 43.4 Å². The molecule has 0 aromatic heterocycles. The number of benzene rings is 1. The van der Waals surface area contributed by atoms with Crippen molar-refractivity contribution in [2.75, 3.05) is 18.6 Å². The van der Waals surface area contributed by atoms with E-state index in [1.54, 1.807) is 0 Å². The molecule has 2 unspecified atom stereocenters. The molecular weight excluding hydrogens is 248 g/mol. The van der Waals surface area contributed by atoms with Crippen LogP contribution in [0.2, 0.25) is 0 Å². The molecule has 0 amide bonds. The second kappa shape index (κ2) is 7.31. The van der Waals surface area contributed by atoms with Crippen LogP contribution in [-0.4, -0.2) is 28.8 Å². The number of ether oxygens (including phenoxy) is 1. The first-order valence-corrected chi connectivity index (χ1v) is 7.51. The van der Waals surface area contributed by atoms with Crippen molar-refractivity contribution in [2.45, 2.75) is 19.8 Å². The van der Waals surface area contributed by atoms with E-state index in [-0.39, 0.29) is 5.97 Å². The molecule has 0 aliphatic carbocycles. The third kappa shape index (κ3) is 4.61. The normalized spacial score (nSPS) is 14.2. The third-order valence-electron chi connectivity index (χ3n) is 2.56. The van der Waals surface area contributed by atoms with Crippen LogP contribution in [0.15, 0.2) is 30.3 Å². The molecule has 0 bridgehead atoms. The van der Waals surface area contributed by atoms with Crippen LogP contribution < -0.4 is 0 Å². The summed E-state index contributed by atoms with van der Waals surface area (Å²) in [5.41, 5.74) is 0.862. The molecule has 1 aromatic carbocycles. The standard InChI is InChI=1S/C14H20O3S/c1-11(2)9-18(16)10-13(14(15)17-3)12-7-5-4-6-8-12/h4-8,11,13H,9-10H2,1-3H3. The lowest BCUT2D eigenvalue weighted by molar-refractivity contribution is -0.141. The van der Waals surface area contributed by atoms with Gasteiger partial charge in [0, 0.05) is 22.3 Å². The van der Waals surface area contributed by atoms with Gasteiger partial charge in [-0.1, -0.05) is 44.2 Å². The molecule has 0 aliphatic heterocycles. The summed E-state index contributed by atoms with van der Waals surface area (Å²) in [7, 11) is 0.361. The van der Waals surface area contributed by atoms with Crippen molar-refractivity contribution in [3.63, 3.8) is 0 Å². The highest BCUT2D eigenvalue weighted by atomic mass is 32.2. The molecule has 1 aromatic rings. The van der Waals surface area contributed by atoms with Gasteiger partial charge < -0.3 is 4.74 Å². The fourth-order valence-electron chi connectivity index (χ4n) is 1.75. The van der Waals surface area contributed by atoms with Gasteiger partial charge in [-0.3, -0.25) is 9.00 Å². The summed E-state index contributed by atoms with van der Waals surface area (Å²) in [5.74, 6) is 0.545. The number of rotatable bonds is 6. The van der Waals surface area contributed by atoms with Gasteiger partial charge in [0.1, 0.15) is 0 Å². The highest BCUT2D eigenvalue weighted by Gasteiger charge is 2.23. The van der Waals surface area contributed by atoms with Crippen molar-refractivity contribution in [3.8, 4) is 0 Å². The van der Waals surface area contributed by atoms with Gasteiger partial charge in [-0.05, 0) is 11.5 Å².